The number of benzene rings is 3. The summed E-state index contributed by atoms with van der Waals surface area (Å²) in [6, 6.07) is 22.0. The molecule has 0 saturated carbocycles. The van der Waals surface area contributed by atoms with E-state index in [2.05, 4.69) is 27.6 Å². The van der Waals surface area contributed by atoms with Gasteiger partial charge in [-0.25, -0.2) is 10.4 Å². The number of rotatable bonds is 5. The summed E-state index contributed by atoms with van der Waals surface area (Å²) in [5, 5.41) is 7.16. The van der Waals surface area contributed by atoms with Crippen LogP contribution in [0.3, 0.4) is 0 Å². The first-order valence-corrected chi connectivity index (χ1v) is 9.55. The lowest BCUT2D eigenvalue weighted by molar-refractivity contribution is -0.118. The third-order valence-corrected chi connectivity index (χ3v) is 5.32. The number of aromatic nitrogens is 2. The highest BCUT2D eigenvalue weighted by Crippen LogP contribution is 2.22. The highest BCUT2D eigenvalue weighted by Gasteiger charge is 2.09. The van der Waals surface area contributed by atoms with E-state index in [0.717, 1.165) is 32.5 Å². The molecule has 1 amide bonds. The summed E-state index contributed by atoms with van der Waals surface area (Å²) in [6.45, 7) is 0. The zero-order valence-corrected chi connectivity index (χ0v) is 15.6. The predicted molar refractivity (Wildman–Crippen MR) is 111 cm³/mol. The molecular formula is C21H18N4OS. The zero-order chi connectivity index (χ0) is 18.6. The summed E-state index contributed by atoms with van der Waals surface area (Å²) in [6.07, 6.45) is 1.68. The standard InChI is InChI=1S/C21H18N4OS/c1-25-19-12-5-4-11-18(19)23-21(25)27-14-20(26)24-22-13-16-9-6-8-15-7-2-3-10-17(15)16/h2-13H,14H2,1H3,(H,24,26). The fourth-order valence-corrected chi connectivity index (χ4v) is 3.73. The molecule has 4 aromatic rings. The Kier molecular flexibility index (Phi) is 4.89. The van der Waals surface area contributed by atoms with Gasteiger partial charge in [-0.2, -0.15) is 5.10 Å². The van der Waals surface area contributed by atoms with Crippen molar-refractivity contribution in [2.75, 3.05) is 5.75 Å². The molecular weight excluding hydrogens is 356 g/mol. The summed E-state index contributed by atoms with van der Waals surface area (Å²) in [5.41, 5.74) is 5.54. The highest BCUT2D eigenvalue weighted by atomic mass is 32.2. The molecule has 0 aliphatic carbocycles. The Bertz CT molecular complexity index is 1140. The Hall–Kier alpha value is -3.12. The van der Waals surface area contributed by atoms with E-state index in [0.29, 0.717) is 0 Å². The van der Waals surface area contributed by atoms with Crippen molar-refractivity contribution >= 4 is 45.7 Å². The van der Waals surface area contributed by atoms with Crippen LogP contribution in [0.5, 0.6) is 0 Å². The van der Waals surface area contributed by atoms with Gasteiger partial charge in [0.05, 0.1) is 23.0 Å². The van der Waals surface area contributed by atoms with E-state index in [1.807, 2.05) is 66.2 Å². The van der Waals surface area contributed by atoms with E-state index < -0.39 is 0 Å². The summed E-state index contributed by atoms with van der Waals surface area (Å²) >= 11 is 1.40. The Morgan fingerprint density at radius 2 is 1.89 bits per heavy atom. The van der Waals surface area contributed by atoms with E-state index in [-0.39, 0.29) is 11.7 Å². The van der Waals surface area contributed by atoms with Crippen molar-refractivity contribution in [3.63, 3.8) is 0 Å². The molecule has 0 bridgehead atoms. The largest absolute Gasteiger partial charge is 0.322 e. The number of imidazole rings is 1. The van der Waals surface area contributed by atoms with Crippen molar-refractivity contribution in [2.45, 2.75) is 5.16 Å². The van der Waals surface area contributed by atoms with Crippen LogP contribution < -0.4 is 5.43 Å². The minimum absolute atomic E-state index is 0.163. The van der Waals surface area contributed by atoms with Crippen molar-refractivity contribution in [2.24, 2.45) is 12.1 Å². The molecule has 6 heteroatoms. The zero-order valence-electron chi connectivity index (χ0n) is 14.8. The first kappa shape index (κ1) is 17.3. The number of aryl methyl sites for hydroxylation is 1. The topological polar surface area (TPSA) is 59.3 Å². The van der Waals surface area contributed by atoms with E-state index in [4.69, 9.17) is 0 Å². The van der Waals surface area contributed by atoms with Crippen LogP contribution >= 0.6 is 11.8 Å². The molecule has 1 aromatic heterocycles. The van der Waals surface area contributed by atoms with Gasteiger partial charge in [0, 0.05) is 12.6 Å². The number of hydrogen-bond donors (Lipinski definition) is 1. The van der Waals surface area contributed by atoms with Crippen LogP contribution in [0, 0.1) is 0 Å². The molecule has 3 aromatic carbocycles. The number of hydrogen-bond acceptors (Lipinski definition) is 4. The smallest absolute Gasteiger partial charge is 0.250 e. The molecule has 1 heterocycles. The van der Waals surface area contributed by atoms with Gasteiger partial charge in [-0.1, -0.05) is 66.4 Å². The molecule has 0 saturated heterocycles. The van der Waals surface area contributed by atoms with Crippen LogP contribution in [0.2, 0.25) is 0 Å². The molecule has 0 fully saturated rings. The summed E-state index contributed by atoms with van der Waals surface area (Å²) in [7, 11) is 1.95. The molecule has 4 rings (SSSR count). The number of nitrogens with one attached hydrogen (secondary N) is 1. The average Bonchev–Trinajstić information content (AvgIpc) is 3.03. The molecule has 5 nitrogen and oxygen atoms in total. The van der Waals surface area contributed by atoms with Crippen molar-refractivity contribution in [3.05, 3.63) is 72.3 Å². The Morgan fingerprint density at radius 1 is 1.11 bits per heavy atom. The SMILES string of the molecule is Cn1c(SCC(=O)NN=Cc2cccc3ccccc23)nc2ccccc21. The molecule has 0 atom stereocenters. The van der Waals surface area contributed by atoms with E-state index >= 15 is 0 Å². The third kappa shape index (κ3) is 3.71. The second-order valence-electron chi connectivity index (χ2n) is 6.09. The van der Waals surface area contributed by atoms with Gasteiger partial charge in [0.2, 0.25) is 0 Å². The number of fused-ring (bicyclic) bond motifs is 2. The normalized spacial score (nSPS) is 11.4. The lowest BCUT2D eigenvalue weighted by Crippen LogP contribution is -2.19. The first-order chi connectivity index (χ1) is 13.2. The molecule has 27 heavy (non-hydrogen) atoms. The quantitative estimate of drug-likeness (QED) is 0.327. The number of carbonyl (C=O) groups excluding carboxylic acids is 1. The van der Waals surface area contributed by atoms with Crippen LogP contribution in [0.25, 0.3) is 21.8 Å². The summed E-state index contributed by atoms with van der Waals surface area (Å²) in [5.74, 6) is 0.0906. The fourth-order valence-electron chi connectivity index (χ4n) is 2.95. The van der Waals surface area contributed by atoms with Gasteiger partial charge in [0.15, 0.2) is 5.16 Å². The maximum atomic E-state index is 12.1. The van der Waals surface area contributed by atoms with E-state index in [1.165, 1.54) is 11.8 Å². The number of carbonyl (C=O) groups is 1. The number of para-hydroxylation sites is 2. The van der Waals surface area contributed by atoms with Crippen LogP contribution in [0.4, 0.5) is 0 Å². The highest BCUT2D eigenvalue weighted by molar-refractivity contribution is 7.99. The minimum Gasteiger partial charge on any atom is -0.322 e. The molecule has 1 N–H and O–H groups in total. The fraction of sp³-hybridized carbons (Fsp3) is 0.0952. The van der Waals surface area contributed by atoms with E-state index in [1.54, 1.807) is 6.21 Å². The Balaban J connectivity index is 1.39. The summed E-state index contributed by atoms with van der Waals surface area (Å²) in [4.78, 5) is 16.7. The van der Waals surface area contributed by atoms with Crippen molar-refractivity contribution in [3.8, 4) is 0 Å². The molecule has 0 aliphatic heterocycles. The second kappa shape index (κ2) is 7.63. The molecule has 0 radical (unpaired) electrons. The minimum atomic E-state index is -0.163. The van der Waals surface area contributed by atoms with Crippen molar-refractivity contribution in [1.29, 1.82) is 0 Å². The summed E-state index contributed by atoms with van der Waals surface area (Å²) < 4.78 is 1.99. The van der Waals surface area contributed by atoms with Gasteiger partial charge < -0.3 is 4.57 Å². The number of hydrazone groups is 1. The van der Waals surface area contributed by atoms with Crippen LogP contribution in [-0.2, 0) is 11.8 Å². The molecule has 0 spiro atoms. The molecule has 134 valence electrons. The van der Waals surface area contributed by atoms with Gasteiger partial charge >= 0.3 is 0 Å². The lowest BCUT2D eigenvalue weighted by atomic mass is 10.1. The van der Waals surface area contributed by atoms with Gasteiger partial charge in [-0.15, -0.1) is 0 Å². The molecule has 0 aliphatic rings. The second-order valence-corrected chi connectivity index (χ2v) is 7.03. The van der Waals surface area contributed by atoms with Crippen LogP contribution in [0.15, 0.2) is 77.0 Å². The van der Waals surface area contributed by atoms with Crippen molar-refractivity contribution in [1.82, 2.24) is 15.0 Å². The first-order valence-electron chi connectivity index (χ1n) is 8.56. The lowest BCUT2D eigenvalue weighted by Gasteiger charge is -2.03. The predicted octanol–water partition coefficient (Wildman–Crippen LogP) is 3.97. The van der Waals surface area contributed by atoms with Crippen LogP contribution in [0.1, 0.15) is 5.56 Å². The van der Waals surface area contributed by atoms with Gasteiger partial charge in [-0.05, 0) is 22.9 Å². The monoisotopic (exact) mass is 374 g/mol. The number of amides is 1. The van der Waals surface area contributed by atoms with Crippen molar-refractivity contribution < 1.29 is 4.79 Å². The number of nitrogens with zero attached hydrogens (tertiary/aromatic N) is 3. The average molecular weight is 374 g/mol. The molecule has 0 unspecified atom stereocenters. The third-order valence-electron chi connectivity index (χ3n) is 4.29. The Labute approximate surface area is 161 Å². The maximum absolute atomic E-state index is 12.1. The van der Waals surface area contributed by atoms with Gasteiger partial charge in [0.1, 0.15) is 0 Å². The Morgan fingerprint density at radius 3 is 2.78 bits per heavy atom. The van der Waals surface area contributed by atoms with Crippen LogP contribution in [-0.4, -0.2) is 27.4 Å². The van der Waals surface area contributed by atoms with Gasteiger partial charge in [-0.3, -0.25) is 4.79 Å². The number of thioether (sulfide) groups is 1. The van der Waals surface area contributed by atoms with E-state index in [9.17, 15) is 4.79 Å². The van der Waals surface area contributed by atoms with Gasteiger partial charge in [0.25, 0.3) is 5.91 Å². The maximum Gasteiger partial charge on any atom is 0.250 e.